The van der Waals surface area contributed by atoms with E-state index in [1.807, 2.05) is 32.9 Å². The third-order valence-electron chi connectivity index (χ3n) is 2.47. The smallest absolute Gasteiger partial charge is 0.303 e. The normalized spacial score (nSPS) is 10.9. The lowest BCUT2D eigenvalue weighted by molar-refractivity contribution is -0.137. The highest BCUT2D eigenvalue weighted by atomic mass is 32.2. The minimum atomic E-state index is -3.58. The number of hydrogen-bond acceptors (Lipinski definition) is 3. The number of carboxylic acids is 1. The maximum atomic E-state index is 11.2. The molecule has 0 atom stereocenters. The van der Waals surface area contributed by atoms with E-state index in [0.717, 1.165) is 5.56 Å². The van der Waals surface area contributed by atoms with Crippen LogP contribution in [0.5, 0.6) is 0 Å². The molecule has 3 N–H and O–H groups in total. The zero-order chi connectivity index (χ0) is 16.1. The molecular formula is C14H23NO4S. The van der Waals surface area contributed by atoms with E-state index in [9.17, 15) is 13.2 Å². The molecule has 0 saturated carbocycles. The van der Waals surface area contributed by atoms with Crippen LogP contribution in [0, 0.1) is 26.7 Å². The van der Waals surface area contributed by atoms with Crippen molar-refractivity contribution in [2.45, 2.75) is 45.9 Å². The lowest BCUT2D eigenvalue weighted by Gasteiger charge is -2.08. The van der Waals surface area contributed by atoms with Gasteiger partial charge in [0.1, 0.15) is 0 Å². The SMILES string of the molecule is CC(C)CC(=O)O.Cc1cc(C)c(S(N)(=O)=O)c(C)c1. The molecule has 5 nitrogen and oxygen atoms in total. The van der Waals surface area contributed by atoms with Crippen molar-refractivity contribution in [1.82, 2.24) is 0 Å². The average molecular weight is 301 g/mol. The molecule has 1 aromatic carbocycles. The Morgan fingerprint density at radius 1 is 1.20 bits per heavy atom. The van der Waals surface area contributed by atoms with Gasteiger partial charge in [-0.1, -0.05) is 31.5 Å². The predicted octanol–water partition coefficient (Wildman–Crippen LogP) is 2.38. The minimum absolute atomic E-state index is 0.248. The van der Waals surface area contributed by atoms with E-state index >= 15 is 0 Å². The van der Waals surface area contributed by atoms with Gasteiger partial charge >= 0.3 is 5.97 Å². The van der Waals surface area contributed by atoms with Gasteiger partial charge in [0.05, 0.1) is 4.90 Å². The molecule has 114 valence electrons. The van der Waals surface area contributed by atoms with Crippen molar-refractivity contribution >= 4 is 16.0 Å². The summed E-state index contributed by atoms with van der Waals surface area (Å²) in [6.07, 6.45) is 0.278. The Bertz CT molecular complexity index is 554. The van der Waals surface area contributed by atoms with Crippen LogP contribution in [0.3, 0.4) is 0 Å². The van der Waals surface area contributed by atoms with Crippen molar-refractivity contribution in [2.24, 2.45) is 11.1 Å². The van der Waals surface area contributed by atoms with Gasteiger partial charge in [0.2, 0.25) is 10.0 Å². The van der Waals surface area contributed by atoms with Crippen LogP contribution < -0.4 is 5.14 Å². The van der Waals surface area contributed by atoms with Gasteiger partial charge in [0, 0.05) is 6.42 Å². The van der Waals surface area contributed by atoms with Crippen LogP contribution in [0.15, 0.2) is 17.0 Å². The summed E-state index contributed by atoms with van der Waals surface area (Å²) in [5.41, 5.74) is 2.46. The van der Waals surface area contributed by atoms with Crippen LogP contribution in [-0.4, -0.2) is 19.5 Å². The molecule has 0 aliphatic carbocycles. The van der Waals surface area contributed by atoms with Crippen molar-refractivity contribution in [3.8, 4) is 0 Å². The summed E-state index contributed by atoms with van der Waals surface area (Å²) < 4.78 is 22.3. The maximum Gasteiger partial charge on any atom is 0.303 e. The number of carbonyl (C=O) groups is 1. The van der Waals surface area contributed by atoms with Crippen LogP contribution in [0.25, 0.3) is 0 Å². The predicted molar refractivity (Wildman–Crippen MR) is 79.1 cm³/mol. The molecule has 0 radical (unpaired) electrons. The minimum Gasteiger partial charge on any atom is -0.481 e. The van der Waals surface area contributed by atoms with E-state index in [0.29, 0.717) is 11.1 Å². The molecule has 0 unspecified atom stereocenters. The first-order chi connectivity index (χ1) is 8.95. The maximum absolute atomic E-state index is 11.2. The van der Waals surface area contributed by atoms with E-state index in [2.05, 4.69) is 0 Å². The number of sulfonamides is 1. The second kappa shape index (κ2) is 7.40. The van der Waals surface area contributed by atoms with Crippen molar-refractivity contribution in [3.63, 3.8) is 0 Å². The average Bonchev–Trinajstić information content (AvgIpc) is 2.10. The number of nitrogens with two attached hydrogens (primary N) is 1. The Balaban J connectivity index is 0.000000441. The number of benzene rings is 1. The lowest BCUT2D eigenvalue weighted by atomic mass is 10.1. The number of aliphatic carboxylic acids is 1. The molecule has 20 heavy (non-hydrogen) atoms. The van der Waals surface area contributed by atoms with Crippen molar-refractivity contribution in [3.05, 3.63) is 28.8 Å². The zero-order valence-corrected chi connectivity index (χ0v) is 13.4. The van der Waals surface area contributed by atoms with Crippen LogP contribution in [0.1, 0.15) is 37.0 Å². The fourth-order valence-corrected chi connectivity index (χ4v) is 2.98. The third kappa shape index (κ3) is 6.68. The summed E-state index contributed by atoms with van der Waals surface area (Å²) in [5.74, 6) is -0.438. The highest BCUT2D eigenvalue weighted by Gasteiger charge is 2.14. The molecule has 0 aliphatic rings. The van der Waals surface area contributed by atoms with Gasteiger partial charge < -0.3 is 5.11 Å². The van der Waals surface area contributed by atoms with Gasteiger partial charge in [-0.3, -0.25) is 4.79 Å². The molecule has 1 aromatic rings. The van der Waals surface area contributed by atoms with Gasteiger partial charge in [-0.25, -0.2) is 13.6 Å². The number of primary sulfonamides is 1. The number of hydrogen-bond donors (Lipinski definition) is 2. The quantitative estimate of drug-likeness (QED) is 0.895. The monoisotopic (exact) mass is 301 g/mol. The molecule has 0 bridgehead atoms. The summed E-state index contributed by atoms with van der Waals surface area (Å²) in [7, 11) is -3.58. The molecule has 6 heteroatoms. The van der Waals surface area contributed by atoms with Crippen molar-refractivity contribution in [1.29, 1.82) is 0 Å². The third-order valence-corrected chi connectivity index (χ3v) is 3.69. The van der Waals surface area contributed by atoms with Gasteiger partial charge in [-0.2, -0.15) is 0 Å². The van der Waals surface area contributed by atoms with E-state index < -0.39 is 16.0 Å². The zero-order valence-electron chi connectivity index (χ0n) is 12.6. The fourth-order valence-electron chi connectivity index (χ4n) is 1.96. The van der Waals surface area contributed by atoms with Crippen LogP contribution >= 0.6 is 0 Å². The second-order valence-electron chi connectivity index (χ2n) is 5.26. The Kier molecular flexibility index (Phi) is 6.88. The summed E-state index contributed by atoms with van der Waals surface area (Å²) >= 11 is 0. The van der Waals surface area contributed by atoms with Gasteiger partial charge in [0.15, 0.2) is 0 Å². The van der Waals surface area contributed by atoms with Gasteiger partial charge in [-0.15, -0.1) is 0 Å². The van der Waals surface area contributed by atoms with Crippen LogP contribution in [0.4, 0.5) is 0 Å². The largest absolute Gasteiger partial charge is 0.481 e. The van der Waals surface area contributed by atoms with Crippen LogP contribution in [-0.2, 0) is 14.8 Å². The Morgan fingerprint density at radius 2 is 1.60 bits per heavy atom. The molecule has 0 spiro atoms. The summed E-state index contributed by atoms with van der Waals surface area (Å²) in [5, 5.41) is 13.2. The summed E-state index contributed by atoms with van der Waals surface area (Å²) in [4.78, 5) is 10.1. The fraction of sp³-hybridized carbons (Fsp3) is 0.500. The molecule has 0 fully saturated rings. The Hall–Kier alpha value is -1.40. The topological polar surface area (TPSA) is 97.5 Å². The molecular weight excluding hydrogens is 278 g/mol. The Labute approximate surface area is 120 Å². The van der Waals surface area contributed by atoms with Crippen molar-refractivity contribution < 1.29 is 18.3 Å². The molecule has 0 amide bonds. The molecule has 1 rings (SSSR count). The first-order valence-corrected chi connectivity index (χ1v) is 7.82. The second-order valence-corrected chi connectivity index (χ2v) is 6.76. The molecule has 0 aliphatic heterocycles. The first-order valence-electron chi connectivity index (χ1n) is 6.27. The Morgan fingerprint density at radius 3 is 1.80 bits per heavy atom. The van der Waals surface area contributed by atoms with Gasteiger partial charge in [-0.05, 0) is 37.8 Å². The van der Waals surface area contributed by atoms with Crippen molar-refractivity contribution in [2.75, 3.05) is 0 Å². The summed E-state index contributed by atoms with van der Waals surface area (Å²) in [6.45, 7) is 9.19. The number of aryl methyl sites for hydroxylation is 3. The first kappa shape index (κ1) is 18.6. The van der Waals surface area contributed by atoms with E-state index in [1.165, 1.54) is 0 Å². The standard InChI is InChI=1S/C9H13NO2S.C5H10O2/c1-6-4-7(2)9(8(3)5-6)13(10,11)12;1-4(2)3-5(6)7/h4-5H,1-3H3,(H2,10,11,12);4H,3H2,1-2H3,(H,6,7). The number of carboxylic acid groups (broad SMARTS) is 1. The van der Waals surface area contributed by atoms with E-state index in [-0.39, 0.29) is 17.2 Å². The highest BCUT2D eigenvalue weighted by Crippen LogP contribution is 2.19. The lowest BCUT2D eigenvalue weighted by Crippen LogP contribution is -2.15. The van der Waals surface area contributed by atoms with E-state index in [4.69, 9.17) is 10.2 Å². The highest BCUT2D eigenvalue weighted by molar-refractivity contribution is 7.89. The number of rotatable bonds is 3. The van der Waals surface area contributed by atoms with Crippen LogP contribution in [0.2, 0.25) is 0 Å². The molecule has 0 aromatic heterocycles. The molecule has 0 saturated heterocycles. The molecule has 0 heterocycles. The van der Waals surface area contributed by atoms with Gasteiger partial charge in [0.25, 0.3) is 0 Å². The summed E-state index contributed by atoms with van der Waals surface area (Å²) in [6, 6.07) is 3.62. The van der Waals surface area contributed by atoms with E-state index in [1.54, 1.807) is 13.8 Å².